The highest BCUT2D eigenvalue weighted by Crippen LogP contribution is 2.17. The second kappa shape index (κ2) is 5.25. The molecule has 2 aromatic carbocycles. The van der Waals surface area contributed by atoms with Gasteiger partial charge in [-0.3, -0.25) is 9.78 Å². The molecule has 0 saturated carbocycles. The highest BCUT2D eigenvalue weighted by molar-refractivity contribution is 6.01. The zero-order valence-electron chi connectivity index (χ0n) is 11.3. The van der Waals surface area contributed by atoms with Gasteiger partial charge in [0, 0.05) is 24.4 Å². The van der Waals surface area contributed by atoms with Crippen LogP contribution in [0.1, 0.15) is 21.5 Å². The summed E-state index contributed by atoms with van der Waals surface area (Å²) in [5.41, 5.74) is 2.86. The van der Waals surface area contributed by atoms with Crippen molar-refractivity contribution in [1.29, 1.82) is 0 Å². The van der Waals surface area contributed by atoms with Crippen LogP contribution in [0.25, 0.3) is 10.8 Å². The number of pyridine rings is 1. The quantitative estimate of drug-likeness (QED) is 0.668. The van der Waals surface area contributed by atoms with E-state index in [1.807, 2.05) is 49.4 Å². The fourth-order valence-electron chi connectivity index (χ4n) is 2.34. The van der Waals surface area contributed by atoms with Crippen LogP contribution in [0.4, 0.5) is 0 Å². The summed E-state index contributed by atoms with van der Waals surface area (Å²) in [5.74, 6) is 0.144. The maximum absolute atomic E-state index is 12.4. The Balaban J connectivity index is 1.91. The van der Waals surface area contributed by atoms with E-state index in [0.29, 0.717) is 6.42 Å². The summed E-state index contributed by atoms with van der Waals surface area (Å²) in [4.78, 5) is 16.4. The number of nitrogens with zero attached hydrogens (tertiary/aromatic N) is 1. The molecule has 1 aromatic heterocycles. The highest BCUT2D eigenvalue weighted by Gasteiger charge is 2.09. The number of carbonyl (C=O) groups excluding carboxylic acids is 1. The zero-order chi connectivity index (χ0) is 13.9. The molecule has 2 heteroatoms. The maximum Gasteiger partial charge on any atom is 0.167 e. The van der Waals surface area contributed by atoms with Gasteiger partial charge in [0.25, 0.3) is 0 Å². The predicted molar refractivity (Wildman–Crippen MR) is 81.0 cm³/mol. The van der Waals surface area contributed by atoms with Crippen LogP contribution in [-0.2, 0) is 6.42 Å². The molecule has 0 radical (unpaired) electrons. The molecule has 0 aliphatic heterocycles. The number of ketones is 1. The van der Waals surface area contributed by atoms with Gasteiger partial charge in [0.2, 0.25) is 0 Å². The third kappa shape index (κ3) is 2.45. The minimum Gasteiger partial charge on any atom is -0.294 e. The van der Waals surface area contributed by atoms with Gasteiger partial charge < -0.3 is 0 Å². The third-order valence-electron chi connectivity index (χ3n) is 3.56. The molecule has 0 saturated heterocycles. The van der Waals surface area contributed by atoms with Crippen LogP contribution >= 0.6 is 0 Å². The lowest BCUT2D eigenvalue weighted by Gasteiger charge is -2.05. The number of rotatable bonds is 3. The number of fused-ring (bicyclic) bond motifs is 1. The van der Waals surface area contributed by atoms with E-state index >= 15 is 0 Å². The number of benzene rings is 2. The Morgan fingerprint density at radius 2 is 1.85 bits per heavy atom. The van der Waals surface area contributed by atoms with E-state index in [1.165, 1.54) is 0 Å². The van der Waals surface area contributed by atoms with Gasteiger partial charge in [0.1, 0.15) is 0 Å². The van der Waals surface area contributed by atoms with Crippen molar-refractivity contribution >= 4 is 16.6 Å². The van der Waals surface area contributed by atoms with Crippen molar-refractivity contribution in [1.82, 2.24) is 4.98 Å². The van der Waals surface area contributed by atoms with E-state index in [2.05, 4.69) is 11.1 Å². The lowest BCUT2D eigenvalue weighted by atomic mass is 9.99. The van der Waals surface area contributed by atoms with Crippen LogP contribution in [0.5, 0.6) is 0 Å². The van der Waals surface area contributed by atoms with Gasteiger partial charge in [-0.25, -0.2) is 0 Å². The standard InChI is InChI=1S/C18H15NO/c1-13-12-19-9-8-15(13)11-18(20)17-7-6-14-4-2-3-5-16(14)10-17/h2-10,12H,11H2,1H3. The molecule has 98 valence electrons. The van der Waals surface area contributed by atoms with E-state index in [9.17, 15) is 4.79 Å². The van der Waals surface area contributed by atoms with Crippen molar-refractivity contribution in [3.8, 4) is 0 Å². The second-order valence-electron chi connectivity index (χ2n) is 4.96. The topological polar surface area (TPSA) is 30.0 Å². The summed E-state index contributed by atoms with van der Waals surface area (Å²) in [6.45, 7) is 1.98. The molecule has 0 aliphatic carbocycles. The summed E-state index contributed by atoms with van der Waals surface area (Å²) in [7, 11) is 0. The molecule has 0 atom stereocenters. The Morgan fingerprint density at radius 1 is 1.05 bits per heavy atom. The summed E-state index contributed by atoms with van der Waals surface area (Å²) in [5, 5.41) is 2.26. The second-order valence-corrected chi connectivity index (χ2v) is 4.96. The minimum absolute atomic E-state index is 0.144. The molecule has 3 aromatic rings. The number of hydrogen-bond donors (Lipinski definition) is 0. The average Bonchev–Trinajstić information content (AvgIpc) is 2.49. The number of aromatic nitrogens is 1. The fourth-order valence-corrected chi connectivity index (χ4v) is 2.34. The molecule has 0 spiro atoms. The monoisotopic (exact) mass is 261 g/mol. The molecule has 0 aliphatic rings. The fraction of sp³-hybridized carbons (Fsp3) is 0.111. The average molecular weight is 261 g/mol. The van der Waals surface area contributed by atoms with Crippen LogP contribution in [-0.4, -0.2) is 10.8 Å². The predicted octanol–water partition coefficient (Wildman–Crippen LogP) is 3.97. The number of carbonyl (C=O) groups is 1. The normalized spacial score (nSPS) is 10.7. The van der Waals surface area contributed by atoms with Gasteiger partial charge in [-0.1, -0.05) is 36.4 Å². The SMILES string of the molecule is Cc1cnccc1CC(=O)c1ccc2ccccc2c1. The van der Waals surface area contributed by atoms with Crippen molar-refractivity contribution in [3.63, 3.8) is 0 Å². The van der Waals surface area contributed by atoms with Crippen LogP contribution in [0.2, 0.25) is 0 Å². The molecule has 0 fully saturated rings. The van der Waals surface area contributed by atoms with Crippen molar-refractivity contribution in [2.24, 2.45) is 0 Å². The van der Waals surface area contributed by atoms with Gasteiger partial charge in [-0.15, -0.1) is 0 Å². The minimum atomic E-state index is 0.144. The Kier molecular flexibility index (Phi) is 3.30. The van der Waals surface area contributed by atoms with Crippen molar-refractivity contribution < 1.29 is 4.79 Å². The Labute approximate surface area is 118 Å². The van der Waals surface area contributed by atoms with Crippen molar-refractivity contribution in [3.05, 3.63) is 77.6 Å². The molecule has 0 unspecified atom stereocenters. The number of Topliss-reactive ketones (excluding diaryl/α,β-unsaturated/α-hetero) is 1. The highest BCUT2D eigenvalue weighted by atomic mass is 16.1. The van der Waals surface area contributed by atoms with E-state index in [0.717, 1.165) is 27.5 Å². The first kappa shape index (κ1) is 12.5. The van der Waals surface area contributed by atoms with Crippen molar-refractivity contribution in [2.75, 3.05) is 0 Å². The molecule has 20 heavy (non-hydrogen) atoms. The first-order valence-electron chi connectivity index (χ1n) is 6.65. The van der Waals surface area contributed by atoms with Gasteiger partial charge in [0.05, 0.1) is 0 Å². The molecule has 1 heterocycles. The van der Waals surface area contributed by atoms with Gasteiger partial charge in [-0.05, 0) is 41.0 Å². The first-order valence-corrected chi connectivity index (χ1v) is 6.65. The summed E-state index contributed by atoms with van der Waals surface area (Å²) in [6, 6.07) is 15.9. The van der Waals surface area contributed by atoms with Crippen LogP contribution < -0.4 is 0 Å². The number of aryl methyl sites for hydroxylation is 1. The van der Waals surface area contributed by atoms with E-state index in [1.54, 1.807) is 12.4 Å². The van der Waals surface area contributed by atoms with E-state index in [-0.39, 0.29) is 5.78 Å². The largest absolute Gasteiger partial charge is 0.294 e. The Bertz CT molecular complexity index is 777. The molecule has 0 N–H and O–H groups in total. The lowest BCUT2D eigenvalue weighted by Crippen LogP contribution is -2.05. The summed E-state index contributed by atoms with van der Waals surface area (Å²) >= 11 is 0. The van der Waals surface area contributed by atoms with Crippen LogP contribution in [0.3, 0.4) is 0 Å². The molecule has 2 nitrogen and oxygen atoms in total. The lowest BCUT2D eigenvalue weighted by molar-refractivity contribution is 0.0993. The smallest absolute Gasteiger partial charge is 0.167 e. The molecule has 0 bridgehead atoms. The maximum atomic E-state index is 12.4. The zero-order valence-corrected chi connectivity index (χ0v) is 11.3. The van der Waals surface area contributed by atoms with Gasteiger partial charge in [0.15, 0.2) is 5.78 Å². The molecular weight excluding hydrogens is 246 g/mol. The molecular formula is C18H15NO. The Hall–Kier alpha value is -2.48. The van der Waals surface area contributed by atoms with Crippen molar-refractivity contribution in [2.45, 2.75) is 13.3 Å². The van der Waals surface area contributed by atoms with Crippen LogP contribution in [0, 0.1) is 6.92 Å². The molecule has 3 rings (SSSR count). The van der Waals surface area contributed by atoms with Gasteiger partial charge >= 0.3 is 0 Å². The van der Waals surface area contributed by atoms with E-state index in [4.69, 9.17) is 0 Å². The third-order valence-corrected chi connectivity index (χ3v) is 3.56. The number of hydrogen-bond acceptors (Lipinski definition) is 2. The molecule has 0 amide bonds. The van der Waals surface area contributed by atoms with E-state index < -0.39 is 0 Å². The summed E-state index contributed by atoms with van der Waals surface area (Å²) < 4.78 is 0. The van der Waals surface area contributed by atoms with Crippen LogP contribution in [0.15, 0.2) is 60.9 Å². The first-order chi connectivity index (χ1) is 9.74. The summed E-state index contributed by atoms with van der Waals surface area (Å²) in [6.07, 6.45) is 3.95. The Morgan fingerprint density at radius 3 is 2.65 bits per heavy atom. The van der Waals surface area contributed by atoms with Gasteiger partial charge in [-0.2, -0.15) is 0 Å².